The molecule has 0 saturated heterocycles. The molecule has 2 aromatic carbocycles. The van der Waals surface area contributed by atoms with Gasteiger partial charge in [-0.05, 0) is 73.4 Å². The number of guanidine groups is 1. The van der Waals surface area contributed by atoms with Gasteiger partial charge < -0.3 is 5.32 Å². The molecule has 0 saturated carbocycles. The molecule has 142 valence electrons. The number of rotatable bonds is 4. The summed E-state index contributed by atoms with van der Waals surface area (Å²) < 4.78 is 0. The van der Waals surface area contributed by atoms with E-state index in [-0.39, 0.29) is 5.91 Å². The third-order valence-corrected chi connectivity index (χ3v) is 4.56. The van der Waals surface area contributed by atoms with Crippen LogP contribution in [0.3, 0.4) is 0 Å². The Morgan fingerprint density at radius 2 is 1.68 bits per heavy atom. The molecule has 0 spiro atoms. The number of pyridine rings is 1. The number of hydrogen-bond donors (Lipinski definition) is 2. The van der Waals surface area contributed by atoms with Crippen molar-refractivity contribution in [2.24, 2.45) is 4.99 Å². The summed E-state index contributed by atoms with van der Waals surface area (Å²) in [5, 5.41) is 6.15. The number of anilines is 1. The molecule has 1 aromatic heterocycles. The maximum Gasteiger partial charge on any atom is 0.258 e. The van der Waals surface area contributed by atoms with E-state index in [1.54, 1.807) is 18.5 Å². The molecule has 1 heterocycles. The highest BCUT2D eigenvalue weighted by Crippen LogP contribution is 2.14. The Balaban J connectivity index is 1.84. The normalized spacial score (nSPS) is 11.2. The molecule has 1 amide bonds. The first-order valence-electron chi connectivity index (χ1n) is 9.17. The Labute approximate surface area is 165 Å². The van der Waals surface area contributed by atoms with Crippen LogP contribution in [0.2, 0.25) is 0 Å². The van der Waals surface area contributed by atoms with Crippen LogP contribution in [-0.4, -0.2) is 16.9 Å². The third kappa shape index (κ3) is 5.04. The Morgan fingerprint density at radius 3 is 2.39 bits per heavy atom. The fourth-order valence-corrected chi connectivity index (χ4v) is 2.73. The van der Waals surface area contributed by atoms with E-state index in [1.807, 2.05) is 55.5 Å². The smallest absolute Gasteiger partial charge is 0.258 e. The SMILES string of the molecule is Cc1ccc(NC(=NCc2ccncc2)NC(=O)c2ccccc2C)cc1C. The number of hydrogen-bond acceptors (Lipinski definition) is 3. The minimum Gasteiger partial charge on any atom is -0.326 e. The lowest BCUT2D eigenvalue weighted by Gasteiger charge is -2.14. The molecule has 0 aliphatic carbocycles. The lowest BCUT2D eigenvalue weighted by molar-refractivity contribution is 0.0976. The molecular weight excluding hydrogens is 348 g/mol. The van der Waals surface area contributed by atoms with Crippen molar-refractivity contribution in [2.75, 3.05) is 5.32 Å². The van der Waals surface area contributed by atoms with Crippen LogP contribution in [0.5, 0.6) is 0 Å². The van der Waals surface area contributed by atoms with Gasteiger partial charge in [0, 0.05) is 23.6 Å². The maximum absolute atomic E-state index is 12.8. The molecule has 0 bridgehead atoms. The number of aryl methyl sites for hydroxylation is 3. The first-order chi connectivity index (χ1) is 13.5. The summed E-state index contributed by atoms with van der Waals surface area (Å²) in [7, 11) is 0. The van der Waals surface area contributed by atoms with E-state index in [4.69, 9.17) is 0 Å². The summed E-state index contributed by atoms with van der Waals surface area (Å²) in [4.78, 5) is 21.4. The second-order valence-electron chi connectivity index (χ2n) is 6.71. The van der Waals surface area contributed by atoms with Crippen molar-refractivity contribution < 1.29 is 4.79 Å². The zero-order valence-corrected chi connectivity index (χ0v) is 16.4. The highest BCUT2D eigenvalue weighted by molar-refractivity contribution is 6.10. The number of amides is 1. The van der Waals surface area contributed by atoms with Gasteiger partial charge >= 0.3 is 0 Å². The summed E-state index contributed by atoms with van der Waals surface area (Å²) in [6.07, 6.45) is 3.46. The molecule has 5 nitrogen and oxygen atoms in total. The summed E-state index contributed by atoms with van der Waals surface area (Å²) in [5.74, 6) is 0.219. The molecule has 5 heteroatoms. The summed E-state index contributed by atoms with van der Waals surface area (Å²) in [5.41, 5.74) is 5.82. The molecule has 3 rings (SSSR count). The van der Waals surface area contributed by atoms with Crippen LogP contribution < -0.4 is 10.6 Å². The van der Waals surface area contributed by atoms with Gasteiger partial charge in [-0.2, -0.15) is 0 Å². The Hall–Kier alpha value is -3.47. The van der Waals surface area contributed by atoms with Crippen LogP contribution in [0.15, 0.2) is 72.0 Å². The third-order valence-electron chi connectivity index (χ3n) is 4.56. The summed E-state index contributed by atoms with van der Waals surface area (Å²) in [6.45, 7) is 6.47. The number of carbonyl (C=O) groups is 1. The second-order valence-corrected chi connectivity index (χ2v) is 6.71. The number of nitrogens with zero attached hydrogens (tertiary/aromatic N) is 2. The lowest BCUT2D eigenvalue weighted by Crippen LogP contribution is -2.36. The standard InChI is InChI=1S/C23H24N4O/c1-16-8-9-20(14-18(16)3)26-23(25-15-19-10-12-24-13-11-19)27-22(28)21-7-5-4-6-17(21)2/h4-14H,15H2,1-3H3,(H2,25,26,27,28). The van der Waals surface area contributed by atoms with Crippen LogP contribution >= 0.6 is 0 Å². The van der Waals surface area contributed by atoms with Crippen molar-refractivity contribution in [3.05, 3.63) is 94.8 Å². The van der Waals surface area contributed by atoms with Gasteiger partial charge in [0.25, 0.3) is 5.91 Å². The fraction of sp³-hybridized carbons (Fsp3) is 0.174. The molecule has 0 atom stereocenters. The fourth-order valence-electron chi connectivity index (χ4n) is 2.73. The minimum absolute atomic E-state index is 0.192. The predicted molar refractivity (Wildman–Crippen MR) is 114 cm³/mol. The van der Waals surface area contributed by atoms with Gasteiger partial charge in [0.15, 0.2) is 0 Å². The highest BCUT2D eigenvalue weighted by Gasteiger charge is 2.11. The molecule has 0 fully saturated rings. The molecule has 0 aliphatic heterocycles. The van der Waals surface area contributed by atoms with E-state index in [0.717, 1.165) is 16.8 Å². The van der Waals surface area contributed by atoms with Crippen LogP contribution in [0.4, 0.5) is 5.69 Å². The van der Waals surface area contributed by atoms with Crippen molar-refractivity contribution in [2.45, 2.75) is 27.3 Å². The van der Waals surface area contributed by atoms with Crippen LogP contribution in [0, 0.1) is 20.8 Å². The Kier molecular flexibility index (Phi) is 6.17. The second kappa shape index (κ2) is 8.95. The zero-order valence-electron chi connectivity index (χ0n) is 16.4. The number of carbonyl (C=O) groups excluding carboxylic acids is 1. The Bertz CT molecular complexity index is 996. The van der Waals surface area contributed by atoms with Crippen molar-refractivity contribution in [1.82, 2.24) is 10.3 Å². The number of benzene rings is 2. The lowest BCUT2D eigenvalue weighted by atomic mass is 10.1. The van der Waals surface area contributed by atoms with E-state index < -0.39 is 0 Å². The minimum atomic E-state index is -0.192. The number of aliphatic imine (C=N–C) groups is 1. The first kappa shape index (κ1) is 19.3. The van der Waals surface area contributed by atoms with Gasteiger partial charge in [-0.25, -0.2) is 4.99 Å². The highest BCUT2D eigenvalue weighted by atomic mass is 16.1. The van der Waals surface area contributed by atoms with E-state index in [1.165, 1.54) is 11.1 Å². The predicted octanol–water partition coefficient (Wildman–Crippen LogP) is 4.40. The molecule has 2 N–H and O–H groups in total. The monoisotopic (exact) mass is 372 g/mol. The van der Waals surface area contributed by atoms with Crippen LogP contribution in [0.1, 0.15) is 32.6 Å². The molecule has 3 aromatic rings. The summed E-state index contributed by atoms with van der Waals surface area (Å²) >= 11 is 0. The van der Waals surface area contributed by atoms with Gasteiger partial charge in [-0.3, -0.25) is 15.1 Å². The van der Waals surface area contributed by atoms with Crippen molar-refractivity contribution >= 4 is 17.6 Å². The maximum atomic E-state index is 12.8. The van der Waals surface area contributed by atoms with E-state index in [9.17, 15) is 4.79 Å². The molecule has 28 heavy (non-hydrogen) atoms. The molecule has 0 aliphatic rings. The number of nitrogens with one attached hydrogen (secondary N) is 2. The number of aromatic nitrogens is 1. The summed E-state index contributed by atoms with van der Waals surface area (Å²) in [6, 6.07) is 17.4. The van der Waals surface area contributed by atoms with Gasteiger partial charge in [-0.1, -0.05) is 24.3 Å². The largest absolute Gasteiger partial charge is 0.326 e. The zero-order chi connectivity index (χ0) is 19.9. The van der Waals surface area contributed by atoms with Gasteiger partial charge in [0.1, 0.15) is 0 Å². The molecule has 0 radical (unpaired) electrons. The molecule has 0 unspecified atom stereocenters. The van der Waals surface area contributed by atoms with Gasteiger partial charge in [0.2, 0.25) is 5.96 Å². The van der Waals surface area contributed by atoms with Gasteiger partial charge in [0.05, 0.1) is 6.54 Å². The average molecular weight is 372 g/mol. The van der Waals surface area contributed by atoms with Crippen LogP contribution in [-0.2, 0) is 6.54 Å². The van der Waals surface area contributed by atoms with E-state index >= 15 is 0 Å². The van der Waals surface area contributed by atoms with Crippen molar-refractivity contribution in [1.29, 1.82) is 0 Å². The van der Waals surface area contributed by atoms with E-state index in [0.29, 0.717) is 18.1 Å². The van der Waals surface area contributed by atoms with Crippen molar-refractivity contribution in [3.8, 4) is 0 Å². The van der Waals surface area contributed by atoms with E-state index in [2.05, 4.69) is 34.5 Å². The topological polar surface area (TPSA) is 66.4 Å². The first-order valence-corrected chi connectivity index (χ1v) is 9.17. The Morgan fingerprint density at radius 1 is 0.929 bits per heavy atom. The molecular formula is C23H24N4O. The van der Waals surface area contributed by atoms with Crippen LogP contribution in [0.25, 0.3) is 0 Å². The van der Waals surface area contributed by atoms with Crippen molar-refractivity contribution in [3.63, 3.8) is 0 Å². The average Bonchev–Trinajstić information content (AvgIpc) is 2.70. The quantitative estimate of drug-likeness (QED) is 0.527. The van der Waals surface area contributed by atoms with Gasteiger partial charge in [-0.15, -0.1) is 0 Å².